The second kappa shape index (κ2) is 9.59. The first-order chi connectivity index (χ1) is 13.8. The van der Waals surface area contributed by atoms with Crippen LogP contribution < -0.4 is 20.6 Å². The van der Waals surface area contributed by atoms with Crippen LogP contribution >= 0.6 is 0 Å². The van der Waals surface area contributed by atoms with Crippen LogP contribution in [0.5, 0.6) is 5.75 Å². The second-order valence-corrected chi connectivity index (χ2v) is 6.31. The van der Waals surface area contributed by atoms with E-state index in [1.54, 1.807) is 36.4 Å². The lowest BCUT2D eigenvalue weighted by Crippen LogP contribution is -2.42. The summed E-state index contributed by atoms with van der Waals surface area (Å²) in [6.07, 6.45) is -0.150. The minimum Gasteiger partial charge on any atom is -0.500 e. The van der Waals surface area contributed by atoms with E-state index in [0.29, 0.717) is 11.3 Å². The van der Waals surface area contributed by atoms with Crippen LogP contribution in [0.3, 0.4) is 0 Å². The average molecular weight is 394 g/mol. The quantitative estimate of drug-likeness (QED) is 0.521. The van der Waals surface area contributed by atoms with E-state index in [0.717, 1.165) is 0 Å². The Bertz CT molecular complexity index is 1110. The van der Waals surface area contributed by atoms with E-state index in [9.17, 15) is 19.2 Å². The van der Waals surface area contributed by atoms with Crippen molar-refractivity contribution in [2.24, 2.45) is 0 Å². The average Bonchev–Trinajstić information content (AvgIpc) is 2.87. The van der Waals surface area contributed by atoms with Gasteiger partial charge in [0.15, 0.2) is 22.8 Å². The molecule has 6 nitrogen and oxygen atoms in total. The van der Waals surface area contributed by atoms with Crippen molar-refractivity contribution in [1.29, 1.82) is 0 Å². The summed E-state index contributed by atoms with van der Waals surface area (Å²) in [7, 11) is 2.91. The lowest BCUT2D eigenvalue weighted by Gasteiger charge is -2.07. The molecule has 0 aromatic heterocycles. The second-order valence-electron chi connectivity index (χ2n) is 6.31. The predicted octanol–water partition coefficient (Wildman–Crippen LogP) is 1.41. The van der Waals surface area contributed by atoms with Gasteiger partial charge in [-0.2, -0.15) is 0 Å². The normalized spacial score (nSPS) is 11.3. The molecule has 0 saturated carbocycles. The van der Waals surface area contributed by atoms with Crippen LogP contribution in [-0.2, 0) is 14.3 Å². The van der Waals surface area contributed by atoms with Crippen molar-refractivity contribution in [2.75, 3.05) is 14.2 Å². The van der Waals surface area contributed by atoms with E-state index in [1.165, 1.54) is 40.2 Å². The van der Waals surface area contributed by atoms with Gasteiger partial charge in [-0.15, -0.1) is 0 Å². The molecule has 0 unspecified atom stereocenters. The Balaban J connectivity index is 2.79. The van der Waals surface area contributed by atoms with Crippen LogP contribution in [0.15, 0.2) is 53.3 Å². The predicted molar refractivity (Wildman–Crippen MR) is 109 cm³/mol. The molecule has 0 atom stereocenters. The fraction of sp³-hybridized carbons (Fsp3) is 0.217. The maximum Gasteiger partial charge on any atom is 0.187 e. The van der Waals surface area contributed by atoms with Gasteiger partial charge in [-0.1, -0.05) is 18.2 Å². The summed E-state index contributed by atoms with van der Waals surface area (Å²) in [4.78, 5) is 49.5. The van der Waals surface area contributed by atoms with Crippen LogP contribution in [0.4, 0.5) is 0 Å². The van der Waals surface area contributed by atoms with E-state index in [1.807, 2.05) is 0 Å². The maximum atomic E-state index is 12.7. The first kappa shape index (κ1) is 21.8. The molecule has 2 aromatic carbocycles. The molecule has 0 bridgehead atoms. The van der Waals surface area contributed by atoms with Gasteiger partial charge in [0, 0.05) is 16.0 Å². The lowest BCUT2D eigenvalue weighted by molar-refractivity contribution is -0.116. The molecule has 0 aliphatic carbocycles. The molecule has 29 heavy (non-hydrogen) atoms. The van der Waals surface area contributed by atoms with Gasteiger partial charge < -0.3 is 9.47 Å². The lowest BCUT2D eigenvalue weighted by atomic mass is 10.0. The maximum absolute atomic E-state index is 12.7. The Morgan fingerprint density at radius 1 is 0.862 bits per heavy atom. The van der Waals surface area contributed by atoms with Crippen LogP contribution in [0, 0.1) is 0 Å². The van der Waals surface area contributed by atoms with Gasteiger partial charge in [-0.25, -0.2) is 0 Å². The zero-order valence-corrected chi connectivity index (χ0v) is 16.8. The van der Waals surface area contributed by atoms with Crippen molar-refractivity contribution in [3.05, 3.63) is 74.8 Å². The van der Waals surface area contributed by atoms with Crippen molar-refractivity contribution in [2.45, 2.75) is 20.3 Å². The van der Waals surface area contributed by atoms with E-state index >= 15 is 0 Å². The van der Waals surface area contributed by atoms with Crippen LogP contribution in [0.1, 0.15) is 30.6 Å². The Labute approximate surface area is 168 Å². The van der Waals surface area contributed by atoms with Crippen molar-refractivity contribution in [3.63, 3.8) is 0 Å². The third-order valence-corrected chi connectivity index (χ3v) is 4.37. The van der Waals surface area contributed by atoms with Crippen molar-refractivity contribution >= 4 is 28.7 Å². The van der Waals surface area contributed by atoms with Crippen LogP contribution in [0.2, 0.25) is 0 Å². The molecule has 0 aliphatic heterocycles. The van der Waals surface area contributed by atoms with Crippen molar-refractivity contribution < 1.29 is 23.9 Å². The number of Topliss-reactive ketones (excluding diaryl/α,β-unsaturated/α-hetero) is 3. The van der Waals surface area contributed by atoms with E-state index in [4.69, 9.17) is 9.47 Å². The zero-order valence-electron chi connectivity index (χ0n) is 16.8. The molecule has 0 radical (unpaired) electrons. The molecule has 150 valence electrons. The number of rotatable bonds is 7. The fourth-order valence-electron chi connectivity index (χ4n) is 2.99. The highest BCUT2D eigenvalue weighted by molar-refractivity contribution is 6.39. The number of hydrogen-bond acceptors (Lipinski definition) is 6. The minimum absolute atomic E-state index is 0.0608. The first-order valence-corrected chi connectivity index (χ1v) is 8.90. The monoisotopic (exact) mass is 394 g/mol. The number of methoxy groups -OCH3 is 2. The highest BCUT2D eigenvalue weighted by Crippen LogP contribution is 2.15. The number of benzene rings is 1. The van der Waals surface area contributed by atoms with Crippen LogP contribution in [0.25, 0.3) is 11.3 Å². The van der Waals surface area contributed by atoms with E-state index < -0.39 is 17.0 Å². The zero-order chi connectivity index (χ0) is 21.6. The largest absolute Gasteiger partial charge is 0.500 e. The number of carbonyl (C=O) groups excluding carboxylic acids is 3. The van der Waals surface area contributed by atoms with Crippen molar-refractivity contribution in [1.82, 2.24) is 0 Å². The van der Waals surface area contributed by atoms with Gasteiger partial charge >= 0.3 is 0 Å². The standard InChI is InChI=1S/C23H22O6/c1-14(24)22(15(2)25)23-18(7-5-6-8-19(23)26)21(29-4)13-20(27)16-9-11-17(28-3)12-10-16/h5-12H,13H2,1-4H3/b21-18-. The van der Waals surface area contributed by atoms with Gasteiger partial charge in [0.05, 0.1) is 26.2 Å². The van der Waals surface area contributed by atoms with E-state index in [-0.39, 0.29) is 34.0 Å². The Morgan fingerprint density at radius 3 is 1.97 bits per heavy atom. The summed E-state index contributed by atoms with van der Waals surface area (Å²) in [5.41, 5.74) is -0.281. The molecule has 0 amide bonds. The Morgan fingerprint density at radius 2 is 1.45 bits per heavy atom. The van der Waals surface area contributed by atoms with Gasteiger partial charge in [-0.3, -0.25) is 19.2 Å². The molecule has 0 saturated heterocycles. The Hall–Kier alpha value is -3.54. The highest BCUT2D eigenvalue weighted by atomic mass is 16.5. The number of ketones is 3. The summed E-state index contributed by atoms with van der Waals surface area (Å²) in [5, 5.41) is 0.180. The third-order valence-electron chi connectivity index (χ3n) is 4.37. The molecule has 0 heterocycles. The summed E-state index contributed by atoms with van der Waals surface area (Å²) >= 11 is 0. The topological polar surface area (TPSA) is 86.7 Å². The molecular formula is C23H22O6. The van der Waals surface area contributed by atoms with Gasteiger partial charge in [0.2, 0.25) is 0 Å². The van der Waals surface area contributed by atoms with Gasteiger partial charge in [0.1, 0.15) is 11.5 Å². The molecule has 0 fully saturated rings. The molecule has 0 aliphatic rings. The van der Waals surface area contributed by atoms with Crippen LogP contribution in [-0.4, -0.2) is 31.6 Å². The first-order valence-electron chi connectivity index (χ1n) is 8.90. The molecular weight excluding hydrogens is 372 g/mol. The summed E-state index contributed by atoms with van der Waals surface area (Å²) in [5.74, 6) is -0.498. The SMILES string of the molecule is CO/C(CC(=O)c1ccc(OC)cc1)=c1/ccccc(=O)c1=C(C(C)=O)C(C)=O. The number of hydrogen-bond donors (Lipinski definition) is 0. The molecule has 0 spiro atoms. The van der Waals surface area contributed by atoms with E-state index in [2.05, 4.69) is 0 Å². The third kappa shape index (κ3) is 5.04. The van der Waals surface area contributed by atoms with Crippen molar-refractivity contribution in [3.8, 4) is 5.75 Å². The molecule has 6 heteroatoms. The highest BCUT2D eigenvalue weighted by Gasteiger charge is 2.16. The Kier molecular flexibility index (Phi) is 7.20. The number of ether oxygens (including phenoxy) is 2. The summed E-state index contributed by atoms with van der Waals surface area (Å²) in [6, 6.07) is 12.5. The molecule has 2 aromatic rings. The molecule has 2 rings (SSSR count). The minimum atomic E-state index is -0.529. The smallest absolute Gasteiger partial charge is 0.187 e. The summed E-state index contributed by atoms with van der Waals surface area (Å²) < 4.78 is 10.5. The van der Waals surface area contributed by atoms with Gasteiger partial charge in [0.25, 0.3) is 0 Å². The van der Waals surface area contributed by atoms with Gasteiger partial charge in [-0.05, 0) is 44.2 Å². The number of carbonyl (C=O) groups is 3. The molecule has 0 N–H and O–H groups in total. The summed E-state index contributed by atoms with van der Waals surface area (Å²) in [6.45, 7) is 2.45. The fourth-order valence-corrected chi connectivity index (χ4v) is 2.99.